The highest BCUT2D eigenvalue weighted by molar-refractivity contribution is 7.09. The Morgan fingerprint density at radius 1 is 1.53 bits per heavy atom. The maximum Gasteiger partial charge on any atom is 0.310 e. The van der Waals surface area contributed by atoms with Gasteiger partial charge in [-0.2, -0.15) is 0 Å². The second kappa shape index (κ2) is 8.53. The molecule has 0 aromatic carbocycles. The molecule has 1 aromatic rings. The standard InChI is InChI=1S/C13H21N3O2S/c1-4-14-13(15-8-10(2)12(17)18-3)16-9-11-6-5-7-19-11/h5-7,10H,4,8-9H2,1-3H3,(H2,14,15,16). The first-order valence-electron chi connectivity index (χ1n) is 6.29. The molecule has 1 atom stereocenters. The van der Waals surface area contributed by atoms with Crippen LogP contribution in [0.5, 0.6) is 0 Å². The summed E-state index contributed by atoms with van der Waals surface area (Å²) in [6.07, 6.45) is 0. The van der Waals surface area contributed by atoms with Crippen LogP contribution in [0.4, 0.5) is 0 Å². The van der Waals surface area contributed by atoms with Gasteiger partial charge < -0.3 is 15.4 Å². The molecule has 6 heteroatoms. The second-order valence-corrected chi connectivity index (χ2v) is 5.11. The van der Waals surface area contributed by atoms with Crippen molar-refractivity contribution in [1.29, 1.82) is 0 Å². The van der Waals surface area contributed by atoms with Crippen molar-refractivity contribution in [3.8, 4) is 0 Å². The predicted molar refractivity (Wildman–Crippen MR) is 78.3 cm³/mol. The number of aliphatic imine (C=N–C) groups is 1. The third-order valence-electron chi connectivity index (χ3n) is 2.50. The maximum absolute atomic E-state index is 11.3. The summed E-state index contributed by atoms with van der Waals surface area (Å²) in [7, 11) is 1.40. The number of hydrogen-bond acceptors (Lipinski definition) is 4. The topological polar surface area (TPSA) is 62.7 Å². The Balaban J connectivity index is 2.47. The summed E-state index contributed by atoms with van der Waals surface area (Å²) < 4.78 is 4.69. The third-order valence-corrected chi connectivity index (χ3v) is 3.36. The molecule has 0 saturated heterocycles. The first-order chi connectivity index (χ1) is 9.17. The number of carbonyl (C=O) groups excluding carboxylic acids is 1. The second-order valence-electron chi connectivity index (χ2n) is 4.08. The smallest absolute Gasteiger partial charge is 0.310 e. The van der Waals surface area contributed by atoms with Gasteiger partial charge in [-0.05, 0) is 18.4 Å². The van der Waals surface area contributed by atoms with Crippen molar-refractivity contribution in [3.05, 3.63) is 22.4 Å². The highest BCUT2D eigenvalue weighted by atomic mass is 32.1. The average Bonchev–Trinajstić information content (AvgIpc) is 2.93. The van der Waals surface area contributed by atoms with Crippen LogP contribution in [0.25, 0.3) is 0 Å². The fourth-order valence-electron chi connectivity index (χ4n) is 1.44. The molecule has 0 aliphatic rings. The number of nitrogens with zero attached hydrogens (tertiary/aromatic N) is 1. The van der Waals surface area contributed by atoms with Crippen molar-refractivity contribution in [3.63, 3.8) is 0 Å². The molecule has 1 aromatic heterocycles. The Hall–Kier alpha value is -1.56. The van der Waals surface area contributed by atoms with E-state index in [2.05, 4.69) is 26.4 Å². The highest BCUT2D eigenvalue weighted by Gasteiger charge is 2.13. The molecular formula is C13H21N3O2S. The summed E-state index contributed by atoms with van der Waals surface area (Å²) >= 11 is 1.68. The molecule has 19 heavy (non-hydrogen) atoms. The van der Waals surface area contributed by atoms with Crippen LogP contribution in [0.2, 0.25) is 0 Å². The molecule has 0 amide bonds. The molecule has 2 N–H and O–H groups in total. The highest BCUT2D eigenvalue weighted by Crippen LogP contribution is 2.09. The van der Waals surface area contributed by atoms with Crippen LogP contribution >= 0.6 is 11.3 Å². The Kier molecular flexibility index (Phi) is 6.95. The number of thiophene rings is 1. The van der Waals surface area contributed by atoms with E-state index in [0.717, 1.165) is 6.54 Å². The van der Waals surface area contributed by atoms with Gasteiger partial charge in [-0.15, -0.1) is 11.3 Å². The molecule has 0 fully saturated rings. The molecule has 1 unspecified atom stereocenters. The Morgan fingerprint density at radius 2 is 2.32 bits per heavy atom. The van der Waals surface area contributed by atoms with Crippen molar-refractivity contribution in [2.75, 3.05) is 20.2 Å². The molecule has 1 heterocycles. The number of ether oxygens (including phenoxy) is 1. The van der Waals surface area contributed by atoms with Gasteiger partial charge in [0.25, 0.3) is 0 Å². The van der Waals surface area contributed by atoms with Gasteiger partial charge in [-0.25, -0.2) is 4.99 Å². The van der Waals surface area contributed by atoms with Crippen LogP contribution in [0.15, 0.2) is 22.5 Å². The van der Waals surface area contributed by atoms with Crippen LogP contribution in [0.3, 0.4) is 0 Å². The molecule has 0 saturated carbocycles. The molecule has 1 rings (SSSR count). The zero-order valence-corrected chi connectivity index (χ0v) is 12.4. The van der Waals surface area contributed by atoms with Crippen molar-refractivity contribution < 1.29 is 9.53 Å². The third kappa shape index (κ3) is 5.74. The first kappa shape index (κ1) is 15.5. The SMILES string of the molecule is CCNC(=NCc1cccs1)NCC(C)C(=O)OC. The van der Waals surface area contributed by atoms with Crippen LogP contribution in [-0.4, -0.2) is 32.1 Å². The number of hydrogen-bond donors (Lipinski definition) is 2. The summed E-state index contributed by atoms with van der Waals surface area (Å²) in [4.78, 5) is 17.0. The molecule has 0 radical (unpaired) electrons. The number of methoxy groups -OCH3 is 1. The molecular weight excluding hydrogens is 262 g/mol. The van der Waals surface area contributed by atoms with Gasteiger partial charge in [0.05, 0.1) is 19.6 Å². The number of guanidine groups is 1. The lowest BCUT2D eigenvalue weighted by atomic mass is 10.2. The Labute approximate surface area is 118 Å². The van der Waals surface area contributed by atoms with E-state index in [9.17, 15) is 4.79 Å². The molecule has 0 aliphatic heterocycles. The minimum atomic E-state index is -0.221. The van der Waals surface area contributed by atoms with E-state index >= 15 is 0 Å². The van der Waals surface area contributed by atoms with E-state index in [0.29, 0.717) is 19.0 Å². The number of rotatable bonds is 6. The lowest BCUT2D eigenvalue weighted by Crippen LogP contribution is -2.40. The number of nitrogens with one attached hydrogen (secondary N) is 2. The van der Waals surface area contributed by atoms with E-state index in [1.54, 1.807) is 11.3 Å². The molecule has 0 aliphatic carbocycles. The lowest BCUT2D eigenvalue weighted by molar-refractivity contribution is -0.144. The summed E-state index contributed by atoms with van der Waals surface area (Å²) in [5.74, 6) is 0.295. The van der Waals surface area contributed by atoms with E-state index in [1.807, 2.05) is 25.3 Å². The minimum absolute atomic E-state index is 0.199. The minimum Gasteiger partial charge on any atom is -0.469 e. The van der Waals surface area contributed by atoms with E-state index in [-0.39, 0.29) is 11.9 Å². The average molecular weight is 283 g/mol. The Bertz CT molecular complexity index is 404. The van der Waals surface area contributed by atoms with Crippen LogP contribution in [0, 0.1) is 5.92 Å². The van der Waals surface area contributed by atoms with Crippen molar-refractivity contribution in [2.24, 2.45) is 10.9 Å². The van der Waals surface area contributed by atoms with E-state index < -0.39 is 0 Å². The van der Waals surface area contributed by atoms with Gasteiger partial charge in [0.1, 0.15) is 0 Å². The maximum atomic E-state index is 11.3. The Morgan fingerprint density at radius 3 is 2.89 bits per heavy atom. The van der Waals surface area contributed by atoms with Crippen LogP contribution in [0.1, 0.15) is 18.7 Å². The van der Waals surface area contributed by atoms with Crippen LogP contribution < -0.4 is 10.6 Å². The summed E-state index contributed by atoms with van der Waals surface area (Å²) in [5, 5.41) is 8.32. The fraction of sp³-hybridized carbons (Fsp3) is 0.538. The van der Waals surface area contributed by atoms with Gasteiger partial charge in [-0.1, -0.05) is 13.0 Å². The van der Waals surface area contributed by atoms with Crippen molar-refractivity contribution in [2.45, 2.75) is 20.4 Å². The van der Waals surface area contributed by atoms with Gasteiger partial charge in [0, 0.05) is 18.0 Å². The van der Waals surface area contributed by atoms with E-state index in [1.165, 1.54) is 12.0 Å². The fourth-order valence-corrected chi connectivity index (χ4v) is 2.06. The molecule has 5 nitrogen and oxygen atoms in total. The van der Waals surface area contributed by atoms with Gasteiger partial charge in [-0.3, -0.25) is 4.79 Å². The first-order valence-corrected chi connectivity index (χ1v) is 7.17. The van der Waals surface area contributed by atoms with Crippen molar-refractivity contribution in [1.82, 2.24) is 10.6 Å². The largest absolute Gasteiger partial charge is 0.469 e. The quantitative estimate of drug-likeness (QED) is 0.473. The zero-order chi connectivity index (χ0) is 14.1. The number of esters is 1. The molecule has 0 spiro atoms. The summed E-state index contributed by atoms with van der Waals surface area (Å²) in [6, 6.07) is 4.06. The van der Waals surface area contributed by atoms with Crippen molar-refractivity contribution >= 4 is 23.3 Å². The molecule has 0 bridgehead atoms. The monoisotopic (exact) mass is 283 g/mol. The van der Waals surface area contributed by atoms with Gasteiger partial charge in [0.15, 0.2) is 5.96 Å². The van der Waals surface area contributed by atoms with E-state index in [4.69, 9.17) is 0 Å². The van der Waals surface area contributed by atoms with Crippen LogP contribution in [-0.2, 0) is 16.1 Å². The van der Waals surface area contributed by atoms with Gasteiger partial charge >= 0.3 is 5.97 Å². The normalized spacial score (nSPS) is 12.9. The van der Waals surface area contributed by atoms with Gasteiger partial charge in [0.2, 0.25) is 0 Å². The lowest BCUT2D eigenvalue weighted by Gasteiger charge is -2.14. The summed E-state index contributed by atoms with van der Waals surface area (Å²) in [6.45, 7) is 5.75. The summed E-state index contributed by atoms with van der Waals surface area (Å²) in [5.41, 5.74) is 0. The number of carbonyl (C=O) groups is 1. The predicted octanol–water partition coefficient (Wildman–Crippen LogP) is 1.61. The molecule has 106 valence electrons. The zero-order valence-electron chi connectivity index (χ0n) is 11.6.